The van der Waals surface area contributed by atoms with E-state index in [1.54, 1.807) is 0 Å². The van der Waals surface area contributed by atoms with Crippen LogP contribution < -0.4 is 10.2 Å². The molecule has 1 N–H and O–H groups in total. The maximum Gasteiger partial charge on any atom is 0.325 e. The summed E-state index contributed by atoms with van der Waals surface area (Å²) in [6.07, 6.45) is 0.406. The molecule has 0 spiro atoms. The van der Waals surface area contributed by atoms with Gasteiger partial charge in [0, 0.05) is 24.8 Å². The second kappa shape index (κ2) is 6.39. The number of anilines is 1. The van der Waals surface area contributed by atoms with Gasteiger partial charge in [0.15, 0.2) is 9.84 Å². The van der Waals surface area contributed by atoms with Gasteiger partial charge in [-0.3, -0.25) is 9.69 Å². The summed E-state index contributed by atoms with van der Waals surface area (Å²) in [4.78, 5) is 27.3. The van der Waals surface area contributed by atoms with Crippen LogP contribution in [0.25, 0.3) is 0 Å². The predicted octanol–water partition coefficient (Wildman–Crippen LogP) is 0.371. The van der Waals surface area contributed by atoms with Gasteiger partial charge in [0.25, 0.3) is 0 Å². The number of amides is 3. The number of hydrogen-bond acceptors (Lipinski definition) is 4. The molecule has 9 heteroatoms. The minimum atomic E-state index is -3.06. The number of nitrogens with zero attached hydrogens (tertiary/aromatic N) is 2. The summed E-state index contributed by atoms with van der Waals surface area (Å²) in [6, 6.07) is 4.88. The summed E-state index contributed by atoms with van der Waals surface area (Å²) in [5.74, 6) is -0.715. The quantitative estimate of drug-likeness (QED) is 0.845. The van der Waals surface area contributed by atoms with E-state index in [1.807, 2.05) is 0 Å². The van der Waals surface area contributed by atoms with Crippen molar-refractivity contribution in [2.75, 3.05) is 36.0 Å². The molecule has 130 valence electrons. The Morgan fingerprint density at radius 2 is 1.96 bits per heavy atom. The summed E-state index contributed by atoms with van der Waals surface area (Å²) in [5, 5.41) is 2.66. The normalized spacial score (nSPS) is 22.9. The average molecular weight is 355 g/mol. The van der Waals surface area contributed by atoms with Crippen molar-refractivity contribution in [2.24, 2.45) is 0 Å². The standard InChI is InChI=1S/C15H18FN3O4S/c16-11-1-3-13(4-2-11)19-7-6-18(15(19)21)9-14(20)17-12-5-8-24(22,23)10-12/h1-4,12H,5-10H2,(H,17,20). The summed E-state index contributed by atoms with van der Waals surface area (Å²) in [5.41, 5.74) is 0.575. The highest BCUT2D eigenvalue weighted by molar-refractivity contribution is 7.91. The molecule has 1 unspecified atom stereocenters. The fourth-order valence-corrected chi connectivity index (χ4v) is 4.62. The fourth-order valence-electron chi connectivity index (χ4n) is 2.95. The predicted molar refractivity (Wildman–Crippen MR) is 85.9 cm³/mol. The molecule has 1 aromatic carbocycles. The smallest absolute Gasteiger partial charge is 0.325 e. The lowest BCUT2D eigenvalue weighted by atomic mass is 10.2. The van der Waals surface area contributed by atoms with E-state index < -0.39 is 9.84 Å². The van der Waals surface area contributed by atoms with Crippen LogP contribution in [0, 0.1) is 5.82 Å². The lowest BCUT2D eigenvalue weighted by Gasteiger charge is -2.19. The van der Waals surface area contributed by atoms with Crippen molar-refractivity contribution in [1.29, 1.82) is 0 Å². The number of nitrogens with one attached hydrogen (secondary N) is 1. The summed E-state index contributed by atoms with van der Waals surface area (Å²) in [7, 11) is -3.06. The molecule has 0 aromatic heterocycles. The number of hydrogen-bond donors (Lipinski definition) is 1. The third kappa shape index (κ3) is 3.66. The van der Waals surface area contributed by atoms with Crippen LogP contribution >= 0.6 is 0 Å². The largest absolute Gasteiger partial charge is 0.351 e. The zero-order chi connectivity index (χ0) is 17.3. The molecule has 2 saturated heterocycles. The Morgan fingerprint density at radius 3 is 2.58 bits per heavy atom. The number of rotatable bonds is 4. The molecule has 2 heterocycles. The highest BCUT2D eigenvalue weighted by Crippen LogP contribution is 2.20. The van der Waals surface area contributed by atoms with Crippen LogP contribution in [0.5, 0.6) is 0 Å². The molecule has 2 aliphatic heterocycles. The second-order valence-corrected chi connectivity index (χ2v) is 8.23. The van der Waals surface area contributed by atoms with Crippen molar-refractivity contribution in [3.63, 3.8) is 0 Å². The molecule has 1 aromatic rings. The number of halogens is 1. The van der Waals surface area contributed by atoms with Crippen LogP contribution in [-0.4, -0.2) is 62.4 Å². The van der Waals surface area contributed by atoms with Gasteiger partial charge in [0.2, 0.25) is 5.91 Å². The first-order valence-corrected chi connectivity index (χ1v) is 9.48. The maximum atomic E-state index is 13.0. The molecule has 0 radical (unpaired) electrons. The molecule has 3 amide bonds. The van der Waals surface area contributed by atoms with E-state index in [2.05, 4.69) is 5.32 Å². The molecule has 0 saturated carbocycles. The van der Waals surface area contributed by atoms with Gasteiger partial charge in [-0.05, 0) is 30.7 Å². The molecule has 2 aliphatic rings. The van der Waals surface area contributed by atoms with Crippen molar-refractivity contribution in [3.05, 3.63) is 30.1 Å². The molecule has 24 heavy (non-hydrogen) atoms. The van der Waals surface area contributed by atoms with Crippen LogP contribution in [-0.2, 0) is 14.6 Å². The fraction of sp³-hybridized carbons (Fsp3) is 0.467. The summed E-state index contributed by atoms with van der Waals surface area (Å²) in [6.45, 7) is 0.676. The van der Waals surface area contributed by atoms with Gasteiger partial charge in [-0.1, -0.05) is 0 Å². The lowest BCUT2D eigenvalue weighted by Crippen LogP contribution is -2.44. The third-order valence-corrected chi connectivity index (χ3v) is 5.93. The highest BCUT2D eigenvalue weighted by Gasteiger charge is 2.33. The van der Waals surface area contributed by atoms with E-state index in [4.69, 9.17) is 0 Å². The lowest BCUT2D eigenvalue weighted by molar-refractivity contribution is -0.122. The molecule has 3 rings (SSSR count). The second-order valence-electron chi connectivity index (χ2n) is 6.00. The molecular weight excluding hydrogens is 337 g/mol. The van der Waals surface area contributed by atoms with E-state index in [9.17, 15) is 22.4 Å². The number of urea groups is 1. The Bertz CT molecular complexity index is 750. The summed E-state index contributed by atoms with van der Waals surface area (Å²) >= 11 is 0. The zero-order valence-electron chi connectivity index (χ0n) is 12.9. The van der Waals surface area contributed by atoms with E-state index in [-0.39, 0.29) is 41.8 Å². The Kier molecular flexibility index (Phi) is 4.44. The number of sulfone groups is 1. The van der Waals surface area contributed by atoms with Gasteiger partial charge in [-0.25, -0.2) is 17.6 Å². The van der Waals surface area contributed by atoms with E-state index in [0.717, 1.165) is 0 Å². The van der Waals surface area contributed by atoms with Crippen molar-refractivity contribution in [1.82, 2.24) is 10.2 Å². The Labute approximate surface area is 139 Å². The van der Waals surface area contributed by atoms with E-state index in [1.165, 1.54) is 34.1 Å². The topological polar surface area (TPSA) is 86.8 Å². The zero-order valence-corrected chi connectivity index (χ0v) is 13.8. The van der Waals surface area contributed by atoms with E-state index in [0.29, 0.717) is 25.2 Å². The molecule has 7 nitrogen and oxygen atoms in total. The maximum absolute atomic E-state index is 13.0. The van der Waals surface area contributed by atoms with Gasteiger partial charge in [-0.15, -0.1) is 0 Å². The van der Waals surface area contributed by atoms with Gasteiger partial charge in [0.05, 0.1) is 11.5 Å². The van der Waals surface area contributed by atoms with Crippen molar-refractivity contribution >= 4 is 27.5 Å². The average Bonchev–Trinajstić information content (AvgIpc) is 3.03. The first-order valence-electron chi connectivity index (χ1n) is 7.66. The number of carbonyl (C=O) groups is 2. The van der Waals surface area contributed by atoms with Gasteiger partial charge in [0.1, 0.15) is 12.4 Å². The molecule has 1 atom stereocenters. The molecule has 0 aliphatic carbocycles. The monoisotopic (exact) mass is 355 g/mol. The van der Waals surface area contributed by atoms with Crippen molar-refractivity contribution in [2.45, 2.75) is 12.5 Å². The van der Waals surface area contributed by atoms with Gasteiger partial charge in [-0.2, -0.15) is 0 Å². The van der Waals surface area contributed by atoms with Crippen LogP contribution in [0.1, 0.15) is 6.42 Å². The first kappa shape index (κ1) is 16.7. The van der Waals surface area contributed by atoms with Crippen LogP contribution in [0.3, 0.4) is 0 Å². The molecule has 2 fully saturated rings. The minimum Gasteiger partial charge on any atom is -0.351 e. The molecular formula is C15H18FN3O4S. The molecule has 0 bridgehead atoms. The van der Waals surface area contributed by atoms with Crippen molar-refractivity contribution in [3.8, 4) is 0 Å². The van der Waals surface area contributed by atoms with Gasteiger partial charge < -0.3 is 10.2 Å². The minimum absolute atomic E-state index is 0.0472. The van der Waals surface area contributed by atoms with Crippen molar-refractivity contribution < 1.29 is 22.4 Å². The number of benzene rings is 1. The third-order valence-electron chi connectivity index (χ3n) is 4.17. The Balaban J connectivity index is 1.56. The highest BCUT2D eigenvalue weighted by atomic mass is 32.2. The van der Waals surface area contributed by atoms with Crippen LogP contribution in [0.4, 0.5) is 14.9 Å². The van der Waals surface area contributed by atoms with E-state index >= 15 is 0 Å². The Hall–Kier alpha value is -2.16. The van der Waals surface area contributed by atoms with Gasteiger partial charge >= 0.3 is 6.03 Å². The Morgan fingerprint density at radius 1 is 1.25 bits per heavy atom. The number of carbonyl (C=O) groups excluding carboxylic acids is 2. The first-order chi connectivity index (χ1) is 11.3. The SMILES string of the molecule is O=C(CN1CCN(c2ccc(F)cc2)C1=O)NC1CCS(=O)(=O)C1. The summed E-state index contributed by atoms with van der Waals surface area (Å²) < 4.78 is 35.7. The van der Waals surface area contributed by atoms with Crippen LogP contribution in [0.2, 0.25) is 0 Å². The van der Waals surface area contributed by atoms with Crippen LogP contribution in [0.15, 0.2) is 24.3 Å².